The molecule has 348 valence electrons. The lowest BCUT2D eigenvalue weighted by atomic mass is 9.84. The molecule has 5 aromatic rings. The van der Waals surface area contributed by atoms with Crippen LogP contribution in [0.4, 0.5) is 5.69 Å². The van der Waals surface area contributed by atoms with Gasteiger partial charge in [-0.2, -0.15) is 0 Å². The van der Waals surface area contributed by atoms with E-state index in [1.54, 1.807) is 13.8 Å². The molecule has 8 rings (SSSR count). The summed E-state index contributed by atoms with van der Waals surface area (Å²) in [5.74, 6) is -0.207. The summed E-state index contributed by atoms with van der Waals surface area (Å²) in [5.41, 5.74) is 13.4. The van der Waals surface area contributed by atoms with Crippen LogP contribution in [0.2, 0.25) is 13.1 Å². The van der Waals surface area contributed by atoms with E-state index in [9.17, 15) is 9.59 Å². The molecule has 0 unspecified atom stereocenters. The van der Waals surface area contributed by atoms with Gasteiger partial charge in [-0.15, -0.1) is 0 Å². The maximum Gasteiger partial charge on any atom is 0.246 e. The van der Waals surface area contributed by atoms with Crippen molar-refractivity contribution in [1.29, 1.82) is 0 Å². The number of hydrogen-bond acceptors (Lipinski definition) is 6. The number of anilines is 1. The molecule has 9 heteroatoms. The van der Waals surface area contributed by atoms with Gasteiger partial charge in [0.15, 0.2) is 0 Å². The monoisotopic (exact) mass is 911 g/mol. The first-order valence-electron chi connectivity index (χ1n) is 24.1. The second-order valence-corrected chi connectivity index (χ2v) is 25.2. The summed E-state index contributed by atoms with van der Waals surface area (Å²) in [7, 11) is -0.0613. The van der Waals surface area contributed by atoms with Crippen molar-refractivity contribution in [2.45, 2.75) is 105 Å². The average Bonchev–Trinajstić information content (AvgIpc) is 3.27. The highest BCUT2D eigenvalue weighted by molar-refractivity contribution is 7.01. The van der Waals surface area contributed by atoms with Crippen LogP contribution in [0, 0.1) is 0 Å². The quantitative estimate of drug-likeness (QED) is 0.0368. The largest absolute Gasteiger partial charge is 0.366 e. The number of benzene rings is 5. The minimum absolute atomic E-state index is 0.103. The molecule has 3 aliphatic heterocycles. The molecular weight excluding hydrogens is 841 g/mol. The van der Waals surface area contributed by atoms with Crippen LogP contribution in [0.3, 0.4) is 0 Å². The van der Waals surface area contributed by atoms with Gasteiger partial charge >= 0.3 is 0 Å². The number of carbonyl (C=O) groups is 2. The summed E-state index contributed by atoms with van der Waals surface area (Å²) < 4.78 is 0. The number of rotatable bonds is 15. The van der Waals surface area contributed by atoms with Gasteiger partial charge in [-0.3, -0.25) is 14.6 Å². The Morgan fingerprint density at radius 2 is 1.24 bits per heavy atom. The number of hydrogen-bond donors (Lipinski definition) is 4. The normalized spacial score (nSPS) is 16.2. The fourth-order valence-electron chi connectivity index (χ4n) is 10.6. The second-order valence-electron chi connectivity index (χ2n) is 20.9. The fourth-order valence-corrected chi connectivity index (χ4v) is 13.7. The summed E-state index contributed by atoms with van der Waals surface area (Å²) in [6.45, 7) is 33.7. The third-order valence-electron chi connectivity index (χ3n) is 14.3. The van der Waals surface area contributed by atoms with Crippen molar-refractivity contribution in [3.8, 4) is 0 Å². The molecule has 4 N–H and O–H groups in total. The molecule has 0 aromatic heterocycles. The molecule has 0 spiro atoms. The van der Waals surface area contributed by atoms with Crippen LogP contribution in [-0.2, 0) is 22.7 Å². The molecule has 0 radical (unpaired) electrons. The van der Waals surface area contributed by atoms with Gasteiger partial charge in [0.1, 0.15) is 8.07 Å². The Kier molecular flexibility index (Phi) is 13.0. The maximum absolute atomic E-state index is 12.2. The van der Waals surface area contributed by atoms with Gasteiger partial charge in [0.2, 0.25) is 11.8 Å². The van der Waals surface area contributed by atoms with Crippen LogP contribution in [0.5, 0.6) is 0 Å². The highest BCUT2D eigenvalue weighted by Gasteiger charge is 2.39. The Bertz CT molecular complexity index is 3100. The van der Waals surface area contributed by atoms with Crippen molar-refractivity contribution in [3.63, 3.8) is 0 Å². The Labute approximate surface area is 399 Å². The summed E-state index contributed by atoms with van der Waals surface area (Å²) in [6.07, 6.45) is 6.33. The van der Waals surface area contributed by atoms with Crippen molar-refractivity contribution in [2.75, 3.05) is 38.1 Å². The van der Waals surface area contributed by atoms with Gasteiger partial charge < -0.3 is 26.2 Å². The Balaban J connectivity index is 1.33. The molecule has 0 saturated heterocycles. The van der Waals surface area contributed by atoms with Crippen LogP contribution < -0.4 is 47.1 Å². The van der Waals surface area contributed by atoms with Gasteiger partial charge in [0.25, 0.3) is 0 Å². The van der Waals surface area contributed by atoms with E-state index < -0.39 is 8.07 Å². The lowest BCUT2D eigenvalue weighted by molar-refractivity contribution is -0.118. The molecular formula is C58H70N6O2Si. The van der Waals surface area contributed by atoms with Crippen LogP contribution in [0.15, 0.2) is 108 Å². The topological polar surface area (TPSA) is 97.9 Å². The molecule has 3 heterocycles. The van der Waals surface area contributed by atoms with Crippen LogP contribution in [0.25, 0.3) is 38.3 Å². The molecule has 0 fully saturated rings. The van der Waals surface area contributed by atoms with E-state index in [1.807, 2.05) is 0 Å². The summed E-state index contributed by atoms with van der Waals surface area (Å²) in [4.78, 5) is 32.2. The van der Waals surface area contributed by atoms with Crippen molar-refractivity contribution < 1.29 is 9.59 Å². The number of likely N-dealkylation sites (N-methyl/N-ethyl adjacent to an activating group) is 1. The number of nitrogens with one attached hydrogen (secondary N) is 4. The van der Waals surface area contributed by atoms with Gasteiger partial charge in [-0.05, 0) is 188 Å². The highest BCUT2D eigenvalue weighted by Crippen LogP contribution is 2.41. The van der Waals surface area contributed by atoms with Crippen LogP contribution in [0.1, 0.15) is 102 Å². The first kappa shape index (κ1) is 47.6. The number of allylic oxidation sites excluding steroid dienone is 2. The maximum atomic E-state index is 12.2. The molecule has 0 saturated carbocycles. The number of carbonyl (C=O) groups excluding carboxylic acids is 2. The van der Waals surface area contributed by atoms with Crippen molar-refractivity contribution in [3.05, 3.63) is 147 Å². The first-order chi connectivity index (χ1) is 31.7. The molecule has 2 amide bonds. The second kappa shape index (κ2) is 18.3. The summed E-state index contributed by atoms with van der Waals surface area (Å²) in [6, 6.07) is 26.0. The van der Waals surface area contributed by atoms with Crippen molar-refractivity contribution in [1.82, 2.24) is 21.3 Å². The first-order valence-corrected chi connectivity index (χ1v) is 27.1. The van der Waals surface area contributed by atoms with Gasteiger partial charge in [0.05, 0.1) is 16.4 Å². The zero-order chi connectivity index (χ0) is 48.2. The lowest BCUT2D eigenvalue weighted by Crippen LogP contribution is -2.64. The predicted molar refractivity (Wildman–Crippen MR) is 286 cm³/mol. The molecule has 0 bridgehead atoms. The standard InChI is InChI=1S/C58H70N6O2Si/c1-35(2)55(65)61-24-16-22-59-33-48-40-18-14-15-19-41(40)49(34-60-23-17-25-62-56(66)36(3)4)45-26-39(20-21-42(45)48)54-46-27-43-37(5)31-57(7,8)63-50(43)29-52(46)67(12,13)53-30-51-44(28-47(53)54)38(6)32-58(9,10)64(51)11/h14-15,18-21,26-32,59-60H,1,3,16-17,22-25,33-34H2,2,4-13H3,(H,61,65)(H,62,66). The highest BCUT2D eigenvalue weighted by atomic mass is 28.3. The Morgan fingerprint density at radius 1 is 0.672 bits per heavy atom. The number of nitrogens with zero attached hydrogens (tertiary/aromatic N) is 2. The molecule has 8 nitrogen and oxygen atoms in total. The van der Waals surface area contributed by atoms with Crippen LogP contribution >= 0.6 is 0 Å². The third kappa shape index (κ3) is 9.14. The van der Waals surface area contributed by atoms with Crippen molar-refractivity contribution >= 4 is 74.2 Å². The van der Waals surface area contributed by atoms with Gasteiger partial charge in [0, 0.05) is 61.2 Å². The van der Waals surface area contributed by atoms with Crippen molar-refractivity contribution in [2.24, 2.45) is 4.99 Å². The SMILES string of the molecule is C=C(C)C(=O)NCCCNCc1c2ccccc2c(CNCCCNC(=O)C(=C)C)c2cc(C3=c4cc5c(cc4[Si](C)(C)c4cc6c(cc43)C(C)=CC(C)(C)N6C)=NC(C)(C)C=C5C)ccc12. The summed E-state index contributed by atoms with van der Waals surface area (Å²) >= 11 is 0. The molecule has 0 atom stereocenters. The van der Waals surface area contributed by atoms with E-state index in [0.29, 0.717) is 37.3 Å². The van der Waals surface area contributed by atoms with Gasteiger partial charge in [-0.25, -0.2) is 0 Å². The molecule has 0 aliphatic carbocycles. The van der Waals surface area contributed by atoms with E-state index >= 15 is 0 Å². The molecule has 5 aromatic carbocycles. The smallest absolute Gasteiger partial charge is 0.246 e. The molecule has 3 aliphatic rings. The van der Waals surface area contributed by atoms with Crippen LogP contribution in [-0.4, -0.2) is 64.2 Å². The van der Waals surface area contributed by atoms with E-state index in [-0.39, 0.29) is 22.9 Å². The zero-order valence-electron chi connectivity index (χ0n) is 41.8. The van der Waals surface area contributed by atoms with Gasteiger partial charge in [-0.1, -0.05) is 74.8 Å². The predicted octanol–water partition coefficient (Wildman–Crippen LogP) is 8.17. The van der Waals surface area contributed by atoms with E-state index in [0.717, 1.165) is 31.3 Å². The Hall–Kier alpha value is -5.87. The van der Waals surface area contributed by atoms with E-state index in [1.165, 1.54) is 92.9 Å². The lowest BCUT2D eigenvalue weighted by Gasteiger charge is -2.43. The average molecular weight is 911 g/mol. The van der Waals surface area contributed by atoms with E-state index in [4.69, 9.17) is 4.99 Å². The third-order valence-corrected chi connectivity index (χ3v) is 17.8. The zero-order valence-corrected chi connectivity index (χ0v) is 42.8. The minimum atomic E-state index is -2.30. The molecule has 67 heavy (non-hydrogen) atoms. The van der Waals surface area contributed by atoms with E-state index in [2.05, 4.69) is 180 Å². The summed E-state index contributed by atoms with van der Waals surface area (Å²) in [5, 5.41) is 23.6. The Morgan fingerprint density at radius 3 is 1.84 bits per heavy atom. The minimum Gasteiger partial charge on any atom is -0.366 e. The number of fused-ring (bicyclic) bond motifs is 6. The number of amides is 2. The fraction of sp³-hybridized carbons (Fsp3) is 0.362.